The van der Waals surface area contributed by atoms with Gasteiger partial charge in [-0.1, -0.05) is 17.4 Å². The first-order chi connectivity index (χ1) is 9.11. The monoisotopic (exact) mass is 276 g/mol. The summed E-state index contributed by atoms with van der Waals surface area (Å²) in [6.45, 7) is 3.74. The molecular formula is C13H16N4OS. The minimum absolute atomic E-state index is 0.116. The third-order valence-electron chi connectivity index (χ3n) is 2.70. The van der Waals surface area contributed by atoms with Gasteiger partial charge in [-0.05, 0) is 26.0 Å². The van der Waals surface area contributed by atoms with Gasteiger partial charge in [0.05, 0.1) is 17.4 Å². The first-order valence-electron chi connectivity index (χ1n) is 5.98. The van der Waals surface area contributed by atoms with E-state index in [9.17, 15) is 4.79 Å². The predicted molar refractivity (Wildman–Crippen MR) is 76.5 cm³/mol. The molecule has 2 aromatic heterocycles. The number of carbonyl (C=O) groups excluding carboxylic acids is 1. The van der Waals surface area contributed by atoms with Gasteiger partial charge in [0.15, 0.2) is 5.13 Å². The lowest BCUT2D eigenvalue weighted by molar-refractivity contribution is 0.0942. The lowest BCUT2D eigenvalue weighted by Gasteiger charge is -2.12. The topological polar surface area (TPSA) is 66.9 Å². The van der Waals surface area contributed by atoms with Crippen LogP contribution in [0.4, 0.5) is 5.13 Å². The van der Waals surface area contributed by atoms with Crippen LogP contribution < -0.4 is 10.6 Å². The fourth-order valence-corrected chi connectivity index (χ4v) is 2.51. The van der Waals surface area contributed by atoms with Gasteiger partial charge in [0.25, 0.3) is 5.91 Å². The van der Waals surface area contributed by atoms with Crippen molar-refractivity contribution >= 4 is 22.4 Å². The van der Waals surface area contributed by atoms with E-state index >= 15 is 0 Å². The molecule has 0 fully saturated rings. The van der Waals surface area contributed by atoms with Crippen molar-refractivity contribution in [3.63, 3.8) is 0 Å². The number of carbonyl (C=O) groups is 1. The summed E-state index contributed by atoms with van der Waals surface area (Å²) in [4.78, 5) is 21.3. The van der Waals surface area contributed by atoms with Crippen LogP contribution in [0.1, 0.15) is 34.0 Å². The van der Waals surface area contributed by atoms with Crippen molar-refractivity contribution in [1.29, 1.82) is 0 Å². The van der Waals surface area contributed by atoms with Gasteiger partial charge in [0, 0.05) is 13.2 Å². The zero-order valence-electron chi connectivity index (χ0n) is 11.1. The summed E-state index contributed by atoms with van der Waals surface area (Å²) in [5, 5.41) is 6.62. The molecule has 19 heavy (non-hydrogen) atoms. The molecule has 0 aromatic carbocycles. The molecule has 2 N–H and O–H groups in total. The molecular weight excluding hydrogens is 260 g/mol. The van der Waals surface area contributed by atoms with Gasteiger partial charge < -0.3 is 10.6 Å². The predicted octanol–water partition coefficient (Wildman–Crippen LogP) is 2.38. The summed E-state index contributed by atoms with van der Waals surface area (Å²) in [6.07, 6.45) is 1.72. The van der Waals surface area contributed by atoms with Crippen LogP contribution >= 0.6 is 11.3 Å². The highest BCUT2D eigenvalue weighted by molar-refractivity contribution is 7.17. The molecule has 2 heterocycles. The number of pyridine rings is 1. The number of aromatic nitrogens is 2. The van der Waals surface area contributed by atoms with Crippen molar-refractivity contribution in [2.75, 3.05) is 12.4 Å². The van der Waals surface area contributed by atoms with E-state index in [0.29, 0.717) is 4.88 Å². The Morgan fingerprint density at radius 3 is 2.79 bits per heavy atom. The number of aryl methyl sites for hydroxylation is 1. The van der Waals surface area contributed by atoms with E-state index < -0.39 is 0 Å². The number of rotatable bonds is 4. The lowest BCUT2D eigenvalue weighted by Crippen LogP contribution is -2.27. The van der Waals surface area contributed by atoms with Gasteiger partial charge in [-0.3, -0.25) is 9.78 Å². The Morgan fingerprint density at radius 1 is 1.42 bits per heavy atom. The summed E-state index contributed by atoms with van der Waals surface area (Å²) >= 11 is 1.35. The van der Waals surface area contributed by atoms with Gasteiger partial charge in [0.2, 0.25) is 0 Å². The standard InChI is InChI=1S/C13H16N4OS/c1-8(10-6-4-5-7-15-10)16-12(18)11-9(2)17-13(14-3)19-11/h4-8H,1-3H3,(H,14,17)(H,16,18). The second kappa shape index (κ2) is 5.79. The SMILES string of the molecule is CNc1nc(C)c(C(=O)NC(C)c2ccccn2)s1. The maximum Gasteiger partial charge on any atom is 0.263 e. The molecule has 0 aliphatic carbocycles. The highest BCUT2D eigenvalue weighted by Crippen LogP contribution is 2.22. The third kappa shape index (κ3) is 3.08. The summed E-state index contributed by atoms with van der Waals surface area (Å²) in [7, 11) is 1.79. The summed E-state index contributed by atoms with van der Waals surface area (Å²) in [6, 6.07) is 5.52. The van der Waals surface area contributed by atoms with Crippen molar-refractivity contribution in [1.82, 2.24) is 15.3 Å². The molecule has 1 atom stereocenters. The molecule has 0 spiro atoms. The van der Waals surface area contributed by atoms with Crippen LogP contribution in [-0.2, 0) is 0 Å². The van der Waals surface area contributed by atoms with Crippen molar-refractivity contribution in [3.8, 4) is 0 Å². The van der Waals surface area contributed by atoms with E-state index in [1.54, 1.807) is 13.2 Å². The van der Waals surface area contributed by atoms with Crippen molar-refractivity contribution in [2.24, 2.45) is 0 Å². The Hall–Kier alpha value is -1.95. The normalized spacial score (nSPS) is 11.9. The average Bonchev–Trinajstić information content (AvgIpc) is 2.81. The number of nitrogens with one attached hydrogen (secondary N) is 2. The van der Waals surface area contributed by atoms with Gasteiger partial charge in [-0.15, -0.1) is 0 Å². The highest BCUT2D eigenvalue weighted by Gasteiger charge is 2.17. The van der Waals surface area contributed by atoms with E-state index in [-0.39, 0.29) is 11.9 Å². The van der Waals surface area contributed by atoms with E-state index in [0.717, 1.165) is 16.5 Å². The lowest BCUT2D eigenvalue weighted by atomic mass is 10.2. The summed E-state index contributed by atoms with van der Waals surface area (Å²) < 4.78 is 0. The summed E-state index contributed by atoms with van der Waals surface area (Å²) in [5.41, 5.74) is 1.58. The number of thiazole rings is 1. The maximum atomic E-state index is 12.2. The Labute approximate surface area is 116 Å². The Balaban J connectivity index is 2.10. The minimum atomic E-state index is -0.131. The molecule has 2 rings (SSSR count). The van der Waals surface area contributed by atoms with Crippen molar-refractivity contribution in [2.45, 2.75) is 19.9 Å². The third-order valence-corrected chi connectivity index (χ3v) is 3.87. The average molecular weight is 276 g/mol. The van der Waals surface area contributed by atoms with Crippen LogP contribution in [-0.4, -0.2) is 22.9 Å². The Morgan fingerprint density at radius 2 is 2.21 bits per heavy atom. The molecule has 1 amide bonds. The Kier molecular flexibility index (Phi) is 4.11. The van der Waals surface area contributed by atoms with Gasteiger partial charge in [0.1, 0.15) is 4.88 Å². The highest BCUT2D eigenvalue weighted by atomic mass is 32.1. The maximum absolute atomic E-state index is 12.2. The van der Waals surface area contributed by atoms with Crippen LogP contribution in [0, 0.1) is 6.92 Å². The molecule has 6 heteroatoms. The second-order valence-corrected chi connectivity index (χ2v) is 5.13. The number of hydrogen-bond acceptors (Lipinski definition) is 5. The first-order valence-corrected chi connectivity index (χ1v) is 6.80. The minimum Gasteiger partial charge on any atom is -0.365 e. The fraction of sp³-hybridized carbons (Fsp3) is 0.308. The molecule has 0 radical (unpaired) electrons. The number of hydrogen-bond donors (Lipinski definition) is 2. The number of nitrogens with zero attached hydrogens (tertiary/aromatic N) is 2. The van der Waals surface area contributed by atoms with E-state index in [1.165, 1.54) is 11.3 Å². The molecule has 0 aliphatic rings. The number of anilines is 1. The van der Waals surface area contributed by atoms with Crippen molar-refractivity contribution in [3.05, 3.63) is 40.7 Å². The molecule has 0 saturated carbocycles. The van der Waals surface area contributed by atoms with Gasteiger partial charge in [-0.2, -0.15) is 0 Å². The molecule has 100 valence electrons. The zero-order valence-corrected chi connectivity index (χ0v) is 11.9. The van der Waals surface area contributed by atoms with Gasteiger partial charge >= 0.3 is 0 Å². The fourth-order valence-electron chi connectivity index (χ4n) is 1.68. The summed E-state index contributed by atoms with van der Waals surface area (Å²) in [5.74, 6) is -0.116. The number of amides is 1. The molecule has 2 aromatic rings. The zero-order chi connectivity index (χ0) is 13.8. The molecule has 1 unspecified atom stereocenters. The van der Waals surface area contributed by atoms with Crippen LogP contribution in [0.3, 0.4) is 0 Å². The van der Waals surface area contributed by atoms with Crippen LogP contribution in [0.15, 0.2) is 24.4 Å². The quantitative estimate of drug-likeness (QED) is 0.899. The molecule has 0 saturated heterocycles. The van der Waals surface area contributed by atoms with Crippen LogP contribution in [0.5, 0.6) is 0 Å². The molecule has 0 aliphatic heterocycles. The first kappa shape index (κ1) is 13.5. The largest absolute Gasteiger partial charge is 0.365 e. The smallest absolute Gasteiger partial charge is 0.263 e. The van der Waals surface area contributed by atoms with Crippen molar-refractivity contribution < 1.29 is 4.79 Å². The second-order valence-electron chi connectivity index (χ2n) is 4.13. The van der Waals surface area contributed by atoms with Crippen LogP contribution in [0.2, 0.25) is 0 Å². The Bertz CT molecular complexity index is 567. The van der Waals surface area contributed by atoms with E-state index in [4.69, 9.17) is 0 Å². The molecule has 5 nitrogen and oxygen atoms in total. The molecule has 0 bridgehead atoms. The van der Waals surface area contributed by atoms with Crippen LogP contribution in [0.25, 0.3) is 0 Å². The van der Waals surface area contributed by atoms with E-state index in [2.05, 4.69) is 20.6 Å². The van der Waals surface area contributed by atoms with E-state index in [1.807, 2.05) is 32.0 Å². The van der Waals surface area contributed by atoms with Gasteiger partial charge in [-0.25, -0.2) is 4.98 Å².